The molecule has 2 N–H and O–H groups in total. The lowest BCUT2D eigenvalue weighted by Gasteiger charge is -2.10. The maximum Gasteiger partial charge on any atom is 0.251 e. The van der Waals surface area contributed by atoms with Gasteiger partial charge in [0.05, 0.1) is 5.69 Å². The van der Waals surface area contributed by atoms with Gasteiger partial charge in [0.2, 0.25) is 0 Å². The summed E-state index contributed by atoms with van der Waals surface area (Å²) in [5.41, 5.74) is 1.39. The van der Waals surface area contributed by atoms with E-state index in [1.54, 1.807) is 12.1 Å². The first-order valence-electron chi connectivity index (χ1n) is 7.15. The van der Waals surface area contributed by atoms with Crippen molar-refractivity contribution in [2.45, 2.75) is 12.8 Å². The third-order valence-corrected chi connectivity index (χ3v) is 3.72. The zero-order valence-corrected chi connectivity index (χ0v) is 12.9. The number of halogens is 1. The Balaban J connectivity index is 0.00000176. The second-order valence-electron chi connectivity index (χ2n) is 5.21. The smallest absolute Gasteiger partial charge is 0.251 e. The number of amides is 1. The topological polar surface area (TPSA) is 84.7 Å². The lowest BCUT2D eigenvalue weighted by molar-refractivity contribution is 0.0951. The van der Waals surface area contributed by atoms with E-state index in [1.807, 2.05) is 12.1 Å². The van der Waals surface area contributed by atoms with Gasteiger partial charge in [0.25, 0.3) is 5.91 Å². The lowest BCUT2D eigenvalue weighted by Crippen LogP contribution is -2.26. The van der Waals surface area contributed by atoms with Gasteiger partial charge >= 0.3 is 0 Å². The zero-order chi connectivity index (χ0) is 14.5. The molecule has 0 bridgehead atoms. The normalized spacial score (nSPS) is 17.0. The molecule has 7 nitrogen and oxygen atoms in total. The van der Waals surface area contributed by atoms with Crippen LogP contribution in [0, 0.1) is 5.92 Å². The second-order valence-corrected chi connectivity index (χ2v) is 5.21. The number of hydrogen-bond donors (Lipinski definition) is 2. The van der Waals surface area contributed by atoms with E-state index in [9.17, 15) is 4.79 Å². The fourth-order valence-corrected chi connectivity index (χ4v) is 2.52. The monoisotopic (exact) mass is 322 g/mol. The molecule has 2 heterocycles. The summed E-state index contributed by atoms with van der Waals surface area (Å²) in [4.78, 5) is 12.2. The quantitative estimate of drug-likeness (QED) is 0.851. The van der Waals surface area contributed by atoms with Crippen molar-refractivity contribution in [1.82, 2.24) is 30.8 Å². The van der Waals surface area contributed by atoms with Crippen LogP contribution in [0.1, 0.15) is 23.2 Å². The molecular weight excluding hydrogens is 304 g/mol. The summed E-state index contributed by atoms with van der Waals surface area (Å²) in [6.45, 7) is 2.86. The Morgan fingerprint density at radius 1 is 1.45 bits per heavy atom. The Bertz CT molecular complexity index is 597. The highest BCUT2D eigenvalue weighted by molar-refractivity contribution is 5.94. The molecule has 8 heteroatoms. The summed E-state index contributed by atoms with van der Waals surface area (Å²) in [5, 5.41) is 17.3. The molecule has 0 radical (unpaired) electrons. The number of nitrogens with one attached hydrogen (secondary N) is 2. The van der Waals surface area contributed by atoms with E-state index in [2.05, 4.69) is 26.2 Å². The molecule has 0 spiro atoms. The van der Waals surface area contributed by atoms with Crippen molar-refractivity contribution < 1.29 is 4.79 Å². The molecule has 1 amide bonds. The Labute approximate surface area is 134 Å². The first-order chi connectivity index (χ1) is 10.3. The molecule has 2 aromatic rings. The Morgan fingerprint density at radius 3 is 3.09 bits per heavy atom. The first kappa shape index (κ1) is 16.4. The third-order valence-electron chi connectivity index (χ3n) is 3.72. The van der Waals surface area contributed by atoms with Crippen LogP contribution in [0.3, 0.4) is 0 Å². The molecular formula is C14H19ClN6O. The van der Waals surface area contributed by atoms with Gasteiger partial charge in [-0.05, 0) is 60.5 Å². The predicted octanol–water partition coefficient (Wildman–Crippen LogP) is 0.813. The zero-order valence-electron chi connectivity index (χ0n) is 12.1. The van der Waals surface area contributed by atoms with Crippen molar-refractivity contribution >= 4 is 18.3 Å². The van der Waals surface area contributed by atoms with Gasteiger partial charge in [0.1, 0.15) is 6.33 Å². The van der Waals surface area contributed by atoms with Crippen LogP contribution >= 0.6 is 12.4 Å². The van der Waals surface area contributed by atoms with Crippen LogP contribution in [0.2, 0.25) is 0 Å². The highest BCUT2D eigenvalue weighted by atomic mass is 35.5. The third kappa shape index (κ3) is 4.02. The minimum atomic E-state index is -0.0594. The number of hydrogen-bond acceptors (Lipinski definition) is 5. The van der Waals surface area contributed by atoms with Gasteiger partial charge in [0, 0.05) is 12.1 Å². The van der Waals surface area contributed by atoms with Crippen molar-refractivity contribution in [1.29, 1.82) is 0 Å². The highest BCUT2D eigenvalue weighted by Gasteiger charge is 2.14. The second kappa shape index (κ2) is 7.86. The molecule has 1 atom stereocenters. The van der Waals surface area contributed by atoms with Crippen LogP contribution < -0.4 is 10.6 Å². The van der Waals surface area contributed by atoms with E-state index in [0.717, 1.165) is 25.2 Å². The highest BCUT2D eigenvalue weighted by Crippen LogP contribution is 2.12. The summed E-state index contributed by atoms with van der Waals surface area (Å²) < 4.78 is 1.53. The van der Waals surface area contributed by atoms with Gasteiger partial charge in [-0.1, -0.05) is 6.07 Å². The molecule has 1 aliphatic heterocycles. The summed E-state index contributed by atoms with van der Waals surface area (Å²) in [5.74, 6) is 0.619. The van der Waals surface area contributed by atoms with Gasteiger partial charge in [-0.25, -0.2) is 4.68 Å². The number of carbonyl (C=O) groups is 1. The van der Waals surface area contributed by atoms with E-state index < -0.39 is 0 Å². The van der Waals surface area contributed by atoms with Gasteiger partial charge in [-0.3, -0.25) is 4.79 Å². The van der Waals surface area contributed by atoms with E-state index >= 15 is 0 Å². The Kier molecular flexibility index (Phi) is 5.85. The summed E-state index contributed by atoms with van der Waals surface area (Å²) >= 11 is 0. The van der Waals surface area contributed by atoms with Crippen LogP contribution in [0.15, 0.2) is 30.6 Å². The van der Waals surface area contributed by atoms with E-state index in [1.165, 1.54) is 17.4 Å². The van der Waals surface area contributed by atoms with Gasteiger partial charge < -0.3 is 10.6 Å². The number of nitrogens with zero attached hydrogens (tertiary/aromatic N) is 4. The fraction of sp³-hybridized carbons (Fsp3) is 0.429. The molecule has 1 fully saturated rings. The molecule has 1 unspecified atom stereocenters. The largest absolute Gasteiger partial charge is 0.352 e. The number of tetrazole rings is 1. The SMILES string of the molecule is Cl.O=C(NCCC1CCNC1)c1cccc(-n2cnnn2)c1. The van der Waals surface area contributed by atoms with E-state index in [4.69, 9.17) is 0 Å². The lowest BCUT2D eigenvalue weighted by atomic mass is 10.1. The molecule has 22 heavy (non-hydrogen) atoms. The first-order valence-corrected chi connectivity index (χ1v) is 7.15. The minimum absolute atomic E-state index is 0. The average molecular weight is 323 g/mol. The molecule has 118 valence electrons. The van der Waals surface area contributed by atoms with Crippen LogP contribution in [0.25, 0.3) is 5.69 Å². The Hall–Kier alpha value is -1.99. The number of carbonyl (C=O) groups excluding carboxylic acids is 1. The maximum atomic E-state index is 12.2. The van der Waals surface area contributed by atoms with Crippen molar-refractivity contribution in [2.24, 2.45) is 5.92 Å². The van der Waals surface area contributed by atoms with Gasteiger partial charge in [-0.2, -0.15) is 0 Å². The van der Waals surface area contributed by atoms with Crippen LogP contribution in [0.4, 0.5) is 0 Å². The summed E-state index contributed by atoms with van der Waals surface area (Å²) in [6.07, 6.45) is 3.72. The fourth-order valence-electron chi connectivity index (χ4n) is 2.52. The molecule has 1 aromatic carbocycles. The van der Waals surface area contributed by atoms with Crippen molar-refractivity contribution in [3.05, 3.63) is 36.2 Å². The molecule has 1 aliphatic rings. The predicted molar refractivity (Wildman–Crippen MR) is 84.3 cm³/mol. The van der Waals surface area contributed by atoms with Crippen LogP contribution in [-0.4, -0.2) is 45.7 Å². The van der Waals surface area contributed by atoms with Crippen molar-refractivity contribution in [3.8, 4) is 5.69 Å². The average Bonchev–Trinajstić information content (AvgIpc) is 3.21. The summed E-state index contributed by atoms with van der Waals surface area (Å²) in [6, 6.07) is 7.26. The minimum Gasteiger partial charge on any atom is -0.352 e. The summed E-state index contributed by atoms with van der Waals surface area (Å²) in [7, 11) is 0. The van der Waals surface area contributed by atoms with Crippen LogP contribution in [0.5, 0.6) is 0 Å². The molecule has 0 saturated carbocycles. The van der Waals surface area contributed by atoms with Crippen molar-refractivity contribution in [3.63, 3.8) is 0 Å². The van der Waals surface area contributed by atoms with E-state index in [0.29, 0.717) is 18.0 Å². The number of aromatic nitrogens is 4. The van der Waals surface area contributed by atoms with Crippen molar-refractivity contribution in [2.75, 3.05) is 19.6 Å². The maximum absolute atomic E-state index is 12.2. The molecule has 1 aromatic heterocycles. The Morgan fingerprint density at radius 2 is 2.36 bits per heavy atom. The molecule has 1 saturated heterocycles. The standard InChI is InChI=1S/C14H18N6O.ClH/c21-14(16-7-5-11-4-6-15-9-11)12-2-1-3-13(8-12)20-10-17-18-19-20;/h1-3,8,10-11,15H,4-7,9H2,(H,16,21);1H. The van der Waals surface area contributed by atoms with Crippen LogP contribution in [-0.2, 0) is 0 Å². The molecule has 3 rings (SSSR count). The number of rotatable bonds is 5. The van der Waals surface area contributed by atoms with Gasteiger partial charge in [-0.15, -0.1) is 17.5 Å². The van der Waals surface area contributed by atoms with E-state index in [-0.39, 0.29) is 18.3 Å². The number of benzene rings is 1. The van der Waals surface area contributed by atoms with Gasteiger partial charge in [0.15, 0.2) is 0 Å². The molecule has 0 aliphatic carbocycles.